The summed E-state index contributed by atoms with van der Waals surface area (Å²) in [5, 5.41) is 8.93. The van der Waals surface area contributed by atoms with Crippen molar-refractivity contribution in [2.24, 2.45) is 23.5 Å². The van der Waals surface area contributed by atoms with Crippen LogP contribution in [0, 0.1) is 17.8 Å². The lowest BCUT2D eigenvalue weighted by molar-refractivity contribution is -0.131. The molecule has 1 aliphatic rings. The molecule has 3 unspecified atom stereocenters. The van der Waals surface area contributed by atoms with Gasteiger partial charge in [-0.1, -0.05) is 27.2 Å². The largest absolute Gasteiger partial charge is 0.394 e. The molecule has 0 aromatic carbocycles. The van der Waals surface area contributed by atoms with E-state index >= 15 is 0 Å². The lowest BCUT2D eigenvalue weighted by Crippen LogP contribution is -2.53. The van der Waals surface area contributed by atoms with E-state index in [2.05, 4.69) is 20.8 Å². The highest BCUT2D eigenvalue weighted by atomic mass is 16.5. The topological polar surface area (TPSA) is 55.5 Å². The molecule has 0 aromatic rings. The Hall–Kier alpha value is -0.120. The van der Waals surface area contributed by atoms with Crippen molar-refractivity contribution in [3.8, 4) is 0 Å². The average Bonchev–Trinajstić information content (AvgIpc) is 2.25. The second-order valence-corrected chi connectivity index (χ2v) is 5.58. The van der Waals surface area contributed by atoms with Crippen molar-refractivity contribution in [2.75, 3.05) is 19.8 Å². The number of nitrogens with two attached hydrogens (primary N) is 1. The average molecular weight is 229 g/mol. The summed E-state index contributed by atoms with van der Waals surface area (Å²) in [6, 6.07) is 0. The Labute approximate surface area is 99.4 Å². The summed E-state index contributed by atoms with van der Waals surface area (Å²) in [6.07, 6.45) is 3.50. The van der Waals surface area contributed by atoms with Crippen molar-refractivity contribution in [3.63, 3.8) is 0 Å². The smallest absolute Gasteiger partial charge is 0.0838 e. The zero-order valence-electron chi connectivity index (χ0n) is 10.9. The zero-order valence-corrected chi connectivity index (χ0v) is 10.9. The van der Waals surface area contributed by atoms with Crippen LogP contribution in [-0.4, -0.2) is 30.5 Å². The number of hydrogen-bond acceptors (Lipinski definition) is 3. The number of aliphatic hydroxyl groups is 1. The molecule has 3 atom stereocenters. The first-order chi connectivity index (χ1) is 7.55. The quantitative estimate of drug-likeness (QED) is 0.755. The first-order valence-corrected chi connectivity index (χ1v) is 6.50. The van der Waals surface area contributed by atoms with Crippen LogP contribution < -0.4 is 5.73 Å². The number of hydrogen-bond donors (Lipinski definition) is 2. The molecule has 0 bridgehead atoms. The van der Waals surface area contributed by atoms with Gasteiger partial charge in [0.15, 0.2) is 0 Å². The molecule has 0 radical (unpaired) electrons. The van der Waals surface area contributed by atoms with E-state index in [-0.39, 0.29) is 12.2 Å². The van der Waals surface area contributed by atoms with Gasteiger partial charge >= 0.3 is 0 Å². The lowest BCUT2D eigenvalue weighted by Gasteiger charge is -2.47. The highest BCUT2D eigenvalue weighted by Gasteiger charge is 2.44. The molecule has 1 rings (SSSR count). The third-order valence-corrected chi connectivity index (χ3v) is 3.97. The van der Waals surface area contributed by atoms with E-state index in [0.717, 1.165) is 6.42 Å². The molecule has 96 valence electrons. The summed E-state index contributed by atoms with van der Waals surface area (Å²) in [5.74, 6) is 1.80. The standard InChI is InChI=1S/C13H27NO2/c1-10(2)12-5-4-11(3)8-13(12,9-14)16-7-6-15/h10-12,15H,4-9,14H2,1-3H3. The number of ether oxygens (including phenoxy) is 1. The summed E-state index contributed by atoms with van der Waals surface area (Å²) in [5.41, 5.74) is 5.76. The third kappa shape index (κ3) is 2.96. The molecule has 3 N–H and O–H groups in total. The first kappa shape index (κ1) is 13.9. The van der Waals surface area contributed by atoms with Crippen LogP contribution in [0.5, 0.6) is 0 Å². The highest BCUT2D eigenvalue weighted by molar-refractivity contribution is 4.96. The molecule has 1 aliphatic carbocycles. The Balaban J connectivity index is 2.79. The molecule has 0 amide bonds. The van der Waals surface area contributed by atoms with Gasteiger partial charge in [0.05, 0.1) is 18.8 Å². The van der Waals surface area contributed by atoms with Gasteiger partial charge in [0, 0.05) is 6.54 Å². The van der Waals surface area contributed by atoms with Gasteiger partial charge in [-0.05, 0) is 30.6 Å². The monoisotopic (exact) mass is 229 g/mol. The maximum Gasteiger partial charge on any atom is 0.0838 e. The fraction of sp³-hybridized carbons (Fsp3) is 1.00. The molecule has 0 saturated heterocycles. The van der Waals surface area contributed by atoms with Crippen LogP contribution in [0.3, 0.4) is 0 Å². The fourth-order valence-corrected chi connectivity index (χ4v) is 3.22. The Kier molecular flexibility index (Phi) is 5.22. The normalized spacial score (nSPS) is 35.6. The zero-order chi connectivity index (χ0) is 12.2. The predicted molar refractivity (Wildman–Crippen MR) is 66.2 cm³/mol. The van der Waals surface area contributed by atoms with Gasteiger partial charge in [-0.15, -0.1) is 0 Å². The second-order valence-electron chi connectivity index (χ2n) is 5.58. The molecule has 1 fully saturated rings. The fourth-order valence-electron chi connectivity index (χ4n) is 3.22. The molecule has 3 heteroatoms. The summed E-state index contributed by atoms with van der Waals surface area (Å²) in [6.45, 7) is 7.82. The van der Waals surface area contributed by atoms with Crippen LogP contribution in [0.25, 0.3) is 0 Å². The van der Waals surface area contributed by atoms with Gasteiger partial charge in [-0.25, -0.2) is 0 Å². The third-order valence-electron chi connectivity index (χ3n) is 3.97. The van der Waals surface area contributed by atoms with Crippen molar-refractivity contribution in [1.82, 2.24) is 0 Å². The van der Waals surface area contributed by atoms with Gasteiger partial charge in [-0.2, -0.15) is 0 Å². The Morgan fingerprint density at radius 2 is 2.12 bits per heavy atom. The van der Waals surface area contributed by atoms with Crippen LogP contribution in [0.1, 0.15) is 40.0 Å². The van der Waals surface area contributed by atoms with Crippen molar-refractivity contribution in [2.45, 2.75) is 45.6 Å². The van der Waals surface area contributed by atoms with Crippen molar-refractivity contribution in [3.05, 3.63) is 0 Å². The minimum absolute atomic E-state index is 0.0843. The van der Waals surface area contributed by atoms with E-state index in [9.17, 15) is 0 Å². The minimum Gasteiger partial charge on any atom is -0.394 e. The summed E-state index contributed by atoms with van der Waals surface area (Å²) < 4.78 is 5.94. The lowest BCUT2D eigenvalue weighted by atomic mass is 9.67. The molecule has 3 nitrogen and oxygen atoms in total. The molecule has 16 heavy (non-hydrogen) atoms. The maximum absolute atomic E-state index is 8.93. The van der Waals surface area contributed by atoms with E-state index in [0.29, 0.717) is 30.9 Å². The molecular weight excluding hydrogens is 202 g/mol. The molecular formula is C13H27NO2. The summed E-state index contributed by atoms with van der Waals surface area (Å²) in [7, 11) is 0. The van der Waals surface area contributed by atoms with E-state index in [1.165, 1.54) is 12.8 Å². The molecule has 0 aliphatic heterocycles. The second kappa shape index (κ2) is 5.99. The van der Waals surface area contributed by atoms with Crippen LogP contribution in [-0.2, 0) is 4.74 Å². The van der Waals surface area contributed by atoms with Crippen LogP contribution in [0.15, 0.2) is 0 Å². The Bertz CT molecular complexity index is 208. The van der Waals surface area contributed by atoms with Crippen LogP contribution in [0.4, 0.5) is 0 Å². The van der Waals surface area contributed by atoms with Gasteiger partial charge in [-0.3, -0.25) is 0 Å². The van der Waals surface area contributed by atoms with E-state index < -0.39 is 0 Å². The molecule has 0 heterocycles. The van der Waals surface area contributed by atoms with E-state index in [4.69, 9.17) is 15.6 Å². The van der Waals surface area contributed by atoms with E-state index in [1.807, 2.05) is 0 Å². The molecule has 1 saturated carbocycles. The van der Waals surface area contributed by atoms with Gasteiger partial charge < -0.3 is 15.6 Å². The number of rotatable bonds is 5. The Morgan fingerprint density at radius 1 is 1.44 bits per heavy atom. The van der Waals surface area contributed by atoms with Crippen molar-refractivity contribution < 1.29 is 9.84 Å². The van der Waals surface area contributed by atoms with Crippen molar-refractivity contribution in [1.29, 1.82) is 0 Å². The van der Waals surface area contributed by atoms with Crippen LogP contribution in [0.2, 0.25) is 0 Å². The van der Waals surface area contributed by atoms with Crippen LogP contribution >= 0.6 is 0 Å². The molecule has 0 aromatic heterocycles. The maximum atomic E-state index is 8.93. The molecule has 0 spiro atoms. The van der Waals surface area contributed by atoms with Gasteiger partial charge in [0.1, 0.15) is 0 Å². The number of aliphatic hydroxyl groups excluding tert-OH is 1. The predicted octanol–water partition coefficient (Wildman–Crippen LogP) is 1.78. The van der Waals surface area contributed by atoms with Gasteiger partial charge in [0.25, 0.3) is 0 Å². The van der Waals surface area contributed by atoms with Gasteiger partial charge in [0.2, 0.25) is 0 Å². The minimum atomic E-state index is -0.200. The highest BCUT2D eigenvalue weighted by Crippen LogP contribution is 2.42. The Morgan fingerprint density at radius 3 is 2.62 bits per heavy atom. The van der Waals surface area contributed by atoms with Crippen molar-refractivity contribution >= 4 is 0 Å². The summed E-state index contributed by atoms with van der Waals surface area (Å²) >= 11 is 0. The first-order valence-electron chi connectivity index (χ1n) is 6.50. The SMILES string of the molecule is CC1CCC(C(C)C)C(CN)(OCCO)C1. The van der Waals surface area contributed by atoms with E-state index in [1.54, 1.807) is 0 Å². The summed E-state index contributed by atoms with van der Waals surface area (Å²) in [4.78, 5) is 0.